The first-order chi connectivity index (χ1) is 13.3. The van der Waals surface area contributed by atoms with E-state index in [-0.39, 0.29) is 17.0 Å². The number of amides is 1. The van der Waals surface area contributed by atoms with Gasteiger partial charge in [-0.1, -0.05) is 41.6 Å². The Hall–Kier alpha value is -2.38. The SMILES string of the molecule is Cc1ccc(-n2cnnc2SC(C)C(=O)N(C)Cc2cccc(F)c2)cc1Cl. The molecule has 0 N–H and O–H groups in total. The van der Waals surface area contributed by atoms with Crippen LogP contribution in [0.3, 0.4) is 0 Å². The summed E-state index contributed by atoms with van der Waals surface area (Å²) in [4.78, 5) is 14.3. The quantitative estimate of drug-likeness (QED) is 0.553. The van der Waals surface area contributed by atoms with Gasteiger partial charge in [-0.2, -0.15) is 0 Å². The molecule has 0 aliphatic heterocycles. The summed E-state index contributed by atoms with van der Waals surface area (Å²) in [5.41, 5.74) is 2.55. The number of nitrogens with zero attached hydrogens (tertiary/aromatic N) is 4. The van der Waals surface area contributed by atoms with Crippen molar-refractivity contribution >= 4 is 29.3 Å². The molecule has 3 rings (SSSR count). The van der Waals surface area contributed by atoms with E-state index in [4.69, 9.17) is 11.6 Å². The number of thioether (sulfide) groups is 1. The van der Waals surface area contributed by atoms with E-state index in [1.54, 1.807) is 35.0 Å². The monoisotopic (exact) mass is 418 g/mol. The number of rotatable bonds is 6. The molecule has 0 saturated carbocycles. The molecule has 146 valence electrons. The minimum Gasteiger partial charge on any atom is -0.340 e. The molecule has 0 aliphatic carbocycles. The van der Waals surface area contributed by atoms with E-state index in [0.717, 1.165) is 16.8 Å². The fourth-order valence-electron chi connectivity index (χ4n) is 2.72. The first-order valence-corrected chi connectivity index (χ1v) is 9.93. The molecule has 0 saturated heterocycles. The summed E-state index contributed by atoms with van der Waals surface area (Å²) in [6, 6.07) is 11.9. The molecular formula is C20H20ClFN4OS. The zero-order valence-electron chi connectivity index (χ0n) is 15.8. The van der Waals surface area contributed by atoms with Crippen molar-refractivity contribution < 1.29 is 9.18 Å². The Morgan fingerprint density at radius 2 is 2.11 bits per heavy atom. The van der Waals surface area contributed by atoms with Gasteiger partial charge in [0.25, 0.3) is 0 Å². The second-order valence-electron chi connectivity index (χ2n) is 6.50. The van der Waals surface area contributed by atoms with Crippen molar-refractivity contribution in [2.75, 3.05) is 7.05 Å². The lowest BCUT2D eigenvalue weighted by Gasteiger charge is -2.21. The van der Waals surface area contributed by atoms with Gasteiger partial charge in [0.2, 0.25) is 5.91 Å². The van der Waals surface area contributed by atoms with Crippen molar-refractivity contribution in [3.63, 3.8) is 0 Å². The third kappa shape index (κ3) is 4.72. The van der Waals surface area contributed by atoms with Gasteiger partial charge < -0.3 is 4.90 Å². The fraction of sp³-hybridized carbons (Fsp3) is 0.250. The lowest BCUT2D eigenvalue weighted by Crippen LogP contribution is -2.33. The van der Waals surface area contributed by atoms with Crippen molar-refractivity contribution in [3.05, 3.63) is 70.8 Å². The highest BCUT2D eigenvalue weighted by Crippen LogP contribution is 2.27. The number of carbonyl (C=O) groups is 1. The maximum atomic E-state index is 13.4. The predicted molar refractivity (Wildman–Crippen MR) is 109 cm³/mol. The molecule has 1 heterocycles. The molecule has 1 aromatic heterocycles. The predicted octanol–water partition coefficient (Wildman–Crippen LogP) is 4.51. The summed E-state index contributed by atoms with van der Waals surface area (Å²) in [6.07, 6.45) is 1.59. The fourth-order valence-corrected chi connectivity index (χ4v) is 3.85. The van der Waals surface area contributed by atoms with Crippen LogP contribution in [-0.4, -0.2) is 37.9 Å². The molecule has 0 aliphatic rings. The molecule has 0 fully saturated rings. The Labute approximate surface area is 172 Å². The van der Waals surface area contributed by atoms with Crippen LogP contribution in [0, 0.1) is 12.7 Å². The molecular weight excluding hydrogens is 399 g/mol. The van der Waals surface area contributed by atoms with Gasteiger partial charge in [0.05, 0.1) is 10.9 Å². The average Bonchev–Trinajstić information content (AvgIpc) is 3.11. The van der Waals surface area contributed by atoms with Gasteiger partial charge in [-0.15, -0.1) is 10.2 Å². The maximum absolute atomic E-state index is 13.4. The molecule has 8 heteroatoms. The van der Waals surface area contributed by atoms with Crippen LogP contribution < -0.4 is 0 Å². The second kappa shape index (κ2) is 8.75. The first-order valence-electron chi connectivity index (χ1n) is 8.68. The van der Waals surface area contributed by atoms with E-state index in [1.165, 1.54) is 23.9 Å². The molecule has 1 unspecified atom stereocenters. The smallest absolute Gasteiger partial charge is 0.235 e. The summed E-state index contributed by atoms with van der Waals surface area (Å²) in [6.45, 7) is 4.08. The lowest BCUT2D eigenvalue weighted by molar-refractivity contribution is -0.129. The van der Waals surface area contributed by atoms with Crippen molar-refractivity contribution in [1.29, 1.82) is 0 Å². The highest BCUT2D eigenvalue weighted by molar-refractivity contribution is 8.00. The molecule has 1 atom stereocenters. The standard InChI is InChI=1S/C20H20ClFN4OS/c1-13-7-8-17(10-18(13)21)26-12-23-24-20(26)28-14(2)19(27)25(3)11-15-5-4-6-16(22)9-15/h4-10,12,14H,11H2,1-3H3. The van der Waals surface area contributed by atoms with Crippen molar-refractivity contribution in [1.82, 2.24) is 19.7 Å². The molecule has 0 radical (unpaired) electrons. The van der Waals surface area contributed by atoms with Crippen LogP contribution in [0.5, 0.6) is 0 Å². The molecule has 28 heavy (non-hydrogen) atoms. The van der Waals surface area contributed by atoms with E-state index >= 15 is 0 Å². The van der Waals surface area contributed by atoms with E-state index in [9.17, 15) is 9.18 Å². The number of aromatic nitrogens is 3. The Morgan fingerprint density at radius 1 is 1.32 bits per heavy atom. The van der Waals surface area contributed by atoms with Crippen LogP contribution in [0.25, 0.3) is 5.69 Å². The molecule has 0 spiro atoms. The van der Waals surface area contributed by atoms with Gasteiger partial charge in [0.15, 0.2) is 5.16 Å². The van der Waals surface area contributed by atoms with Crippen molar-refractivity contribution in [3.8, 4) is 5.69 Å². The van der Waals surface area contributed by atoms with Crippen molar-refractivity contribution in [2.45, 2.75) is 30.8 Å². The third-order valence-electron chi connectivity index (χ3n) is 4.27. The van der Waals surface area contributed by atoms with Crippen LogP contribution in [0.15, 0.2) is 53.9 Å². The summed E-state index contributed by atoms with van der Waals surface area (Å²) < 4.78 is 15.2. The van der Waals surface area contributed by atoms with Crippen LogP contribution in [0.4, 0.5) is 4.39 Å². The van der Waals surface area contributed by atoms with Crippen LogP contribution in [0.1, 0.15) is 18.1 Å². The number of hydrogen-bond donors (Lipinski definition) is 0. The van der Waals surface area contributed by atoms with E-state index < -0.39 is 0 Å². The van der Waals surface area contributed by atoms with Gasteiger partial charge in [0.1, 0.15) is 12.1 Å². The maximum Gasteiger partial charge on any atom is 0.235 e. The van der Waals surface area contributed by atoms with Gasteiger partial charge in [0, 0.05) is 18.6 Å². The Morgan fingerprint density at radius 3 is 2.82 bits per heavy atom. The topological polar surface area (TPSA) is 51.0 Å². The number of aryl methyl sites for hydroxylation is 1. The Kier molecular flexibility index (Phi) is 6.36. The largest absolute Gasteiger partial charge is 0.340 e. The van der Waals surface area contributed by atoms with Gasteiger partial charge in [-0.05, 0) is 49.2 Å². The van der Waals surface area contributed by atoms with Crippen LogP contribution >= 0.6 is 23.4 Å². The highest BCUT2D eigenvalue weighted by Gasteiger charge is 2.22. The Bertz CT molecular complexity index is 994. The van der Waals surface area contributed by atoms with Gasteiger partial charge >= 0.3 is 0 Å². The highest BCUT2D eigenvalue weighted by atomic mass is 35.5. The summed E-state index contributed by atoms with van der Waals surface area (Å²) >= 11 is 7.53. The summed E-state index contributed by atoms with van der Waals surface area (Å²) in [5.74, 6) is -0.392. The zero-order valence-corrected chi connectivity index (χ0v) is 17.3. The molecule has 0 bridgehead atoms. The first kappa shape index (κ1) is 20.4. The normalized spacial score (nSPS) is 12.0. The molecule has 3 aromatic rings. The number of carbonyl (C=O) groups excluding carboxylic acids is 1. The van der Waals surface area contributed by atoms with E-state index in [0.29, 0.717) is 16.7 Å². The summed E-state index contributed by atoms with van der Waals surface area (Å²) in [5, 5.41) is 8.97. The molecule has 5 nitrogen and oxygen atoms in total. The number of halogens is 2. The van der Waals surface area contributed by atoms with Crippen molar-refractivity contribution in [2.24, 2.45) is 0 Å². The van der Waals surface area contributed by atoms with Gasteiger partial charge in [-0.25, -0.2) is 4.39 Å². The molecule has 1 amide bonds. The number of hydrogen-bond acceptors (Lipinski definition) is 4. The zero-order chi connectivity index (χ0) is 20.3. The lowest BCUT2D eigenvalue weighted by atomic mass is 10.2. The summed E-state index contributed by atoms with van der Waals surface area (Å²) in [7, 11) is 1.70. The molecule has 2 aromatic carbocycles. The van der Waals surface area contributed by atoms with Gasteiger partial charge in [-0.3, -0.25) is 9.36 Å². The van der Waals surface area contributed by atoms with E-state index in [2.05, 4.69) is 10.2 Å². The average molecular weight is 419 g/mol. The number of benzene rings is 2. The minimum absolute atomic E-state index is 0.0780. The van der Waals surface area contributed by atoms with E-state index in [1.807, 2.05) is 32.0 Å². The van der Waals surface area contributed by atoms with Crippen LogP contribution in [-0.2, 0) is 11.3 Å². The Balaban J connectivity index is 1.71. The van der Waals surface area contributed by atoms with Crippen LogP contribution in [0.2, 0.25) is 5.02 Å². The minimum atomic E-state index is -0.387. The second-order valence-corrected chi connectivity index (χ2v) is 8.22. The third-order valence-corrected chi connectivity index (χ3v) is 5.72.